The highest BCUT2D eigenvalue weighted by Gasteiger charge is 2.33. The Labute approximate surface area is 196 Å². The van der Waals surface area contributed by atoms with Gasteiger partial charge in [0.1, 0.15) is 10.9 Å². The van der Waals surface area contributed by atoms with Crippen LogP contribution in [0.3, 0.4) is 0 Å². The lowest BCUT2D eigenvalue weighted by Crippen LogP contribution is -2.33. The fourth-order valence-corrected chi connectivity index (χ4v) is 5.11. The number of carbonyl (C=O) groups excluding carboxylic acids is 1. The summed E-state index contributed by atoms with van der Waals surface area (Å²) in [6, 6.07) is 8.81. The van der Waals surface area contributed by atoms with Crippen molar-refractivity contribution in [3.8, 4) is 11.5 Å². The number of hydrogen-bond donors (Lipinski definition) is 1. The van der Waals surface area contributed by atoms with Crippen molar-refractivity contribution in [2.24, 2.45) is 0 Å². The Kier molecular flexibility index (Phi) is 7.00. The van der Waals surface area contributed by atoms with E-state index in [2.05, 4.69) is 0 Å². The Balaban J connectivity index is 1.90. The number of ether oxygens (including phenoxy) is 1. The fourth-order valence-electron chi connectivity index (χ4n) is 2.75. The molecule has 0 aromatic heterocycles. The van der Waals surface area contributed by atoms with Crippen molar-refractivity contribution in [2.75, 3.05) is 13.7 Å². The largest absolute Gasteiger partial charge is 0.493 e. The Morgan fingerprint density at radius 3 is 2.61 bits per heavy atom. The highest BCUT2D eigenvalue weighted by molar-refractivity contribution is 8.26. The van der Waals surface area contributed by atoms with Gasteiger partial charge >= 0.3 is 16.1 Å². The number of benzene rings is 2. The molecular weight excluding hydrogens is 496 g/mol. The van der Waals surface area contributed by atoms with Gasteiger partial charge in [-0.15, -0.1) is 0 Å². The molecule has 0 unspecified atom stereocenters. The van der Waals surface area contributed by atoms with Crippen LogP contribution in [0.5, 0.6) is 11.5 Å². The van der Waals surface area contributed by atoms with Gasteiger partial charge in [-0.05, 0) is 29.8 Å². The minimum atomic E-state index is -4.57. The molecule has 14 heteroatoms. The standard InChI is InChI=1S/C19H14N2O9S3/c1-29-14-8-11(9-15-18(24)20(10-17(22)23)19(31)32-15)6-7-13(14)30-33(27,28)16-5-3-2-4-12(16)21(25)26/h2-9H,10H2,1H3,(H,22,23)/b15-9+. The normalized spacial score (nSPS) is 15.1. The van der Waals surface area contributed by atoms with Gasteiger partial charge < -0.3 is 14.0 Å². The number of nitro benzene ring substituents is 1. The lowest BCUT2D eigenvalue weighted by molar-refractivity contribution is -0.387. The van der Waals surface area contributed by atoms with E-state index in [0.717, 1.165) is 28.8 Å². The van der Waals surface area contributed by atoms with Crippen molar-refractivity contribution in [2.45, 2.75) is 4.90 Å². The van der Waals surface area contributed by atoms with Crippen molar-refractivity contribution in [1.29, 1.82) is 0 Å². The number of nitro groups is 1. The highest BCUT2D eigenvalue weighted by atomic mass is 32.2. The second kappa shape index (κ2) is 9.56. The maximum absolute atomic E-state index is 12.7. The topological polar surface area (TPSA) is 153 Å². The molecule has 2 aromatic rings. The minimum absolute atomic E-state index is 0.0214. The molecule has 0 atom stereocenters. The predicted molar refractivity (Wildman–Crippen MR) is 121 cm³/mol. The first kappa shape index (κ1) is 24.2. The molecule has 2 aromatic carbocycles. The van der Waals surface area contributed by atoms with Crippen LogP contribution in [0.25, 0.3) is 6.08 Å². The Hall–Kier alpha value is -3.49. The van der Waals surface area contributed by atoms with Crippen LogP contribution in [0.1, 0.15) is 5.56 Å². The Morgan fingerprint density at radius 2 is 1.97 bits per heavy atom. The number of thiocarbonyl (C=S) groups is 1. The van der Waals surface area contributed by atoms with E-state index in [0.29, 0.717) is 5.56 Å². The monoisotopic (exact) mass is 510 g/mol. The van der Waals surface area contributed by atoms with E-state index in [9.17, 15) is 28.1 Å². The van der Waals surface area contributed by atoms with Crippen LogP contribution in [-0.2, 0) is 19.7 Å². The molecular formula is C19H14N2O9S3. The molecule has 0 aliphatic carbocycles. The molecule has 33 heavy (non-hydrogen) atoms. The lowest BCUT2D eigenvalue weighted by atomic mass is 10.2. The number of rotatable bonds is 8. The van der Waals surface area contributed by atoms with E-state index < -0.39 is 44.0 Å². The summed E-state index contributed by atoms with van der Waals surface area (Å²) in [5.41, 5.74) is -0.227. The number of methoxy groups -OCH3 is 1. The van der Waals surface area contributed by atoms with Crippen LogP contribution in [0, 0.1) is 10.1 Å². The average Bonchev–Trinajstić information content (AvgIpc) is 3.01. The summed E-state index contributed by atoms with van der Waals surface area (Å²) in [7, 11) is -3.31. The van der Waals surface area contributed by atoms with Gasteiger partial charge in [-0.3, -0.25) is 24.6 Å². The predicted octanol–water partition coefficient (Wildman–Crippen LogP) is 2.66. The number of carboxylic acids is 1. The molecule has 0 radical (unpaired) electrons. The van der Waals surface area contributed by atoms with Gasteiger partial charge in [-0.2, -0.15) is 8.42 Å². The van der Waals surface area contributed by atoms with Gasteiger partial charge in [0.15, 0.2) is 16.4 Å². The van der Waals surface area contributed by atoms with Crippen molar-refractivity contribution in [3.63, 3.8) is 0 Å². The number of hydrogen-bond acceptors (Lipinski definition) is 10. The first-order chi connectivity index (χ1) is 15.5. The van der Waals surface area contributed by atoms with Gasteiger partial charge in [-0.1, -0.05) is 42.2 Å². The summed E-state index contributed by atoms with van der Waals surface area (Å²) in [4.78, 5) is 34.1. The first-order valence-electron chi connectivity index (χ1n) is 8.86. The van der Waals surface area contributed by atoms with Crippen molar-refractivity contribution in [1.82, 2.24) is 4.90 Å². The molecule has 1 fully saturated rings. The zero-order valence-corrected chi connectivity index (χ0v) is 19.1. The number of carbonyl (C=O) groups is 2. The smallest absolute Gasteiger partial charge is 0.346 e. The molecule has 1 heterocycles. The molecule has 172 valence electrons. The quantitative estimate of drug-likeness (QED) is 0.183. The molecule has 0 spiro atoms. The maximum Gasteiger partial charge on any atom is 0.346 e. The number of para-hydroxylation sites is 1. The van der Waals surface area contributed by atoms with E-state index in [1.807, 2.05) is 0 Å². The number of aliphatic carboxylic acids is 1. The molecule has 0 saturated carbocycles. The summed E-state index contributed by atoms with van der Waals surface area (Å²) >= 11 is 5.96. The van der Waals surface area contributed by atoms with Crippen molar-refractivity contribution in [3.05, 3.63) is 63.0 Å². The number of amides is 1. The third-order valence-electron chi connectivity index (χ3n) is 4.18. The fraction of sp³-hybridized carbons (Fsp3) is 0.105. The molecule has 1 aliphatic heterocycles. The zero-order chi connectivity index (χ0) is 24.3. The van der Waals surface area contributed by atoms with Gasteiger partial charge in [0, 0.05) is 6.07 Å². The van der Waals surface area contributed by atoms with Crippen LogP contribution < -0.4 is 8.92 Å². The average molecular weight is 511 g/mol. The van der Waals surface area contributed by atoms with Gasteiger partial charge in [0.25, 0.3) is 11.6 Å². The molecule has 1 amide bonds. The van der Waals surface area contributed by atoms with Crippen LogP contribution in [0.15, 0.2) is 52.3 Å². The summed E-state index contributed by atoms with van der Waals surface area (Å²) in [6.07, 6.45) is 1.43. The van der Waals surface area contributed by atoms with Crippen molar-refractivity contribution < 1.29 is 37.0 Å². The molecule has 1 saturated heterocycles. The van der Waals surface area contributed by atoms with Crippen LogP contribution >= 0.6 is 24.0 Å². The lowest BCUT2D eigenvalue weighted by Gasteiger charge is -2.12. The zero-order valence-electron chi connectivity index (χ0n) is 16.7. The van der Waals surface area contributed by atoms with Gasteiger partial charge in [0.2, 0.25) is 0 Å². The van der Waals surface area contributed by atoms with Gasteiger partial charge in [-0.25, -0.2) is 0 Å². The highest BCUT2D eigenvalue weighted by Crippen LogP contribution is 2.36. The third-order valence-corrected chi connectivity index (χ3v) is 6.84. The van der Waals surface area contributed by atoms with E-state index in [4.69, 9.17) is 26.2 Å². The molecule has 3 rings (SSSR count). The van der Waals surface area contributed by atoms with E-state index >= 15 is 0 Å². The number of carboxylic acid groups (broad SMARTS) is 1. The summed E-state index contributed by atoms with van der Waals surface area (Å²) in [6.45, 7) is -0.568. The molecule has 1 aliphatic rings. The number of thioether (sulfide) groups is 1. The number of nitrogens with zero attached hydrogens (tertiary/aromatic N) is 2. The van der Waals surface area contributed by atoms with E-state index in [1.54, 1.807) is 0 Å². The Bertz CT molecular complexity index is 1310. The van der Waals surface area contributed by atoms with Crippen molar-refractivity contribution >= 4 is 62.1 Å². The van der Waals surface area contributed by atoms with Crippen LogP contribution in [0.2, 0.25) is 0 Å². The molecule has 11 nitrogen and oxygen atoms in total. The summed E-state index contributed by atoms with van der Waals surface area (Å²) in [5.74, 6) is -2.04. The van der Waals surface area contributed by atoms with Crippen LogP contribution in [0.4, 0.5) is 5.69 Å². The second-order valence-electron chi connectivity index (χ2n) is 6.33. The molecule has 0 bridgehead atoms. The minimum Gasteiger partial charge on any atom is -0.493 e. The van der Waals surface area contributed by atoms with E-state index in [-0.39, 0.29) is 20.7 Å². The first-order valence-corrected chi connectivity index (χ1v) is 11.5. The second-order valence-corrected chi connectivity index (χ2v) is 9.52. The summed E-state index contributed by atoms with van der Waals surface area (Å²) in [5, 5.41) is 20.1. The maximum atomic E-state index is 12.7. The van der Waals surface area contributed by atoms with E-state index in [1.165, 1.54) is 43.5 Å². The Morgan fingerprint density at radius 1 is 1.27 bits per heavy atom. The van der Waals surface area contributed by atoms with Crippen LogP contribution in [-0.4, -0.2) is 53.2 Å². The third kappa shape index (κ3) is 5.30. The molecule has 1 N–H and O–H groups in total. The van der Waals surface area contributed by atoms with Gasteiger partial charge in [0.05, 0.1) is 16.9 Å². The SMILES string of the molecule is COc1cc(/C=C2/SC(=S)N(CC(=O)O)C2=O)ccc1OS(=O)(=O)c1ccccc1[N+](=O)[O-]. The summed E-state index contributed by atoms with van der Waals surface area (Å²) < 4.78 is 35.7.